The molecule has 0 aliphatic rings. The zero-order chi connectivity index (χ0) is 14.5. The molecule has 0 aliphatic heterocycles. The first kappa shape index (κ1) is 14.6. The average molecular weight is 294 g/mol. The molecule has 0 amide bonds. The lowest BCUT2D eigenvalue weighted by Gasteiger charge is -2.21. The second-order valence-corrected chi connectivity index (χ2v) is 5.16. The Labute approximate surface area is 119 Å². The summed E-state index contributed by atoms with van der Waals surface area (Å²) in [5.41, 5.74) is -0.164. The van der Waals surface area contributed by atoms with Crippen LogP contribution in [0.3, 0.4) is 0 Å². The lowest BCUT2D eigenvalue weighted by Crippen LogP contribution is -2.15. The zero-order valence-corrected chi connectivity index (χ0v) is 11.3. The molecule has 0 saturated heterocycles. The summed E-state index contributed by atoms with van der Waals surface area (Å²) in [6, 6.07) is 5.62. The number of nitrogens with zero attached hydrogens (tertiary/aromatic N) is 2. The summed E-state index contributed by atoms with van der Waals surface area (Å²) in [6.07, 6.45) is 1.63. The van der Waals surface area contributed by atoms with Crippen molar-refractivity contribution < 1.29 is 13.9 Å². The molecule has 1 N–H and O–H groups in total. The lowest BCUT2D eigenvalue weighted by molar-refractivity contribution is 0.269. The van der Waals surface area contributed by atoms with Crippen molar-refractivity contribution in [1.29, 1.82) is 5.26 Å². The first-order chi connectivity index (χ1) is 9.69. The van der Waals surface area contributed by atoms with Crippen molar-refractivity contribution in [2.45, 2.75) is 18.3 Å². The van der Waals surface area contributed by atoms with E-state index in [-0.39, 0.29) is 18.6 Å². The van der Waals surface area contributed by atoms with Crippen molar-refractivity contribution in [1.82, 2.24) is 4.98 Å². The topological polar surface area (TPSA) is 56.9 Å². The number of benzene rings is 1. The van der Waals surface area contributed by atoms with Gasteiger partial charge >= 0.3 is 0 Å². The van der Waals surface area contributed by atoms with Gasteiger partial charge in [-0.3, -0.25) is 0 Å². The third-order valence-electron chi connectivity index (χ3n) is 3.07. The van der Waals surface area contributed by atoms with E-state index in [0.29, 0.717) is 5.01 Å². The molecule has 0 aliphatic carbocycles. The van der Waals surface area contributed by atoms with Crippen LogP contribution in [0.1, 0.15) is 28.8 Å². The molecule has 2 rings (SSSR count). The van der Waals surface area contributed by atoms with E-state index in [0.717, 1.165) is 12.1 Å². The van der Waals surface area contributed by atoms with Gasteiger partial charge in [0.25, 0.3) is 0 Å². The van der Waals surface area contributed by atoms with Crippen molar-refractivity contribution in [2.75, 3.05) is 6.61 Å². The van der Waals surface area contributed by atoms with E-state index in [4.69, 9.17) is 5.11 Å². The highest BCUT2D eigenvalue weighted by Crippen LogP contribution is 2.38. The number of aliphatic hydroxyl groups is 1. The second kappa shape index (κ2) is 6.55. The van der Waals surface area contributed by atoms with E-state index >= 15 is 0 Å². The van der Waals surface area contributed by atoms with E-state index in [9.17, 15) is 14.0 Å². The Morgan fingerprint density at radius 1 is 1.35 bits per heavy atom. The highest BCUT2D eigenvalue weighted by molar-refractivity contribution is 7.09. The Balaban J connectivity index is 2.48. The third-order valence-corrected chi connectivity index (χ3v) is 3.93. The SMILES string of the molecule is N#C[C@H](c1nccs1)[C@H](CCO)c1c(F)cccc1F. The van der Waals surface area contributed by atoms with Crippen LogP contribution in [0, 0.1) is 23.0 Å². The van der Waals surface area contributed by atoms with E-state index in [1.54, 1.807) is 5.38 Å². The minimum absolute atomic E-state index is 0.0929. The Bertz CT molecular complexity index is 590. The molecular formula is C14H12F2N2OS. The predicted molar refractivity (Wildman–Crippen MR) is 71.3 cm³/mol. The summed E-state index contributed by atoms with van der Waals surface area (Å²) < 4.78 is 27.8. The lowest BCUT2D eigenvalue weighted by atomic mass is 9.84. The van der Waals surface area contributed by atoms with E-state index < -0.39 is 23.5 Å². The summed E-state index contributed by atoms with van der Waals surface area (Å²) in [5, 5.41) is 20.7. The summed E-state index contributed by atoms with van der Waals surface area (Å²) in [5.74, 6) is -2.97. The number of hydrogen-bond acceptors (Lipinski definition) is 4. The maximum absolute atomic E-state index is 13.9. The number of nitriles is 1. The highest BCUT2D eigenvalue weighted by atomic mass is 32.1. The summed E-state index contributed by atoms with van der Waals surface area (Å²) in [6.45, 7) is -0.262. The Kier molecular flexibility index (Phi) is 4.77. The molecule has 0 saturated carbocycles. The quantitative estimate of drug-likeness (QED) is 0.921. The third kappa shape index (κ3) is 2.84. The van der Waals surface area contributed by atoms with Crippen LogP contribution in [0.5, 0.6) is 0 Å². The molecule has 6 heteroatoms. The number of rotatable bonds is 5. The maximum Gasteiger partial charge on any atom is 0.129 e. The molecule has 20 heavy (non-hydrogen) atoms. The Hall–Kier alpha value is -1.84. The van der Waals surface area contributed by atoms with Gasteiger partial charge in [0.1, 0.15) is 22.6 Å². The summed E-state index contributed by atoms with van der Waals surface area (Å²) >= 11 is 1.26. The van der Waals surface area contributed by atoms with Gasteiger partial charge < -0.3 is 5.11 Å². The summed E-state index contributed by atoms with van der Waals surface area (Å²) in [7, 11) is 0. The van der Waals surface area contributed by atoms with Crippen molar-refractivity contribution in [3.8, 4) is 6.07 Å². The first-order valence-electron chi connectivity index (χ1n) is 6.02. The number of halogens is 2. The molecule has 0 spiro atoms. The minimum atomic E-state index is -0.784. The van der Waals surface area contributed by atoms with Gasteiger partial charge in [-0.1, -0.05) is 6.07 Å². The van der Waals surface area contributed by atoms with Crippen LogP contribution in [0.15, 0.2) is 29.8 Å². The molecular weight excluding hydrogens is 282 g/mol. The number of hydrogen-bond donors (Lipinski definition) is 1. The van der Waals surface area contributed by atoms with Gasteiger partial charge in [0.2, 0.25) is 0 Å². The Morgan fingerprint density at radius 2 is 2.05 bits per heavy atom. The average Bonchev–Trinajstić information content (AvgIpc) is 2.93. The highest BCUT2D eigenvalue weighted by Gasteiger charge is 2.30. The minimum Gasteiger partial charge on any atom is -0.396 e. The normalized spacial score (nSPS) is 13.7. The molecule has 1 aromatic heterocycles. The van der Waals surface area contributed by atoms with E-state index in [1.165, 1.54) is 23.6 Å². The molecule has 0 unspecified atom stereocenters. The number of aromatic nitrogens is 1. The standard InChI is InChI=1S/C14H12F2N2OS/c15-11-2-1-3-12(16)13(11)9(4-6-19)10(8-17)14-18-5-7-20-14/h1-3,5,7,9-10,19H,4,6H2/t9-,10-/m0/s1. The molecule has 1 aromatic carbocycles. The van der Waals surface area contributed by atoms with Crippen LogP contribution in [-0.2, 0) is 0 Å². The van der Waals surface area contributed by atoms with Crippen LogP contribution in [0.25, 0.3) is 0 Å². The van der Waals surface area contributed by atoms with Crippen molar-refractivity contribution in [2.24, 2.45) is 0 Å². The molecule has 2 aromatic rings. The number of thiazole rings is 1. The first-order valence-corrected chi connectivity index (χ1v) is 6.90. The molecule has 104 valence electrons. The van der Waals surface area contributed by atoms with E-state index in [1.807, 2.05) is 6.07 Å². The van der Waals surface area contributed by atoms with Gasteiger partial charge in [-0.05, 0) is 18.6 Å². The largest absolute Gasteiger partial charge is 0.396 e. The van der Waals surface area contributed by atoms with Gasteiger partial charge in [-0.25, -0.2) is 13.8 Å². The van der Waals surface area contributed by atoms with Crippen LogP contribution in [0.2, 0.25) is 0 Å². The monoisotopic (exact) mass is 294 g/mol. The van der Waals surface area contributed by atoms with Gasteiger partial charge in [0.15, 0.2) is 0 Å². The van der Waals surface area contributed by atoms with Gasteiger partial charge in [0, 0.05) is 29.7 Å². The predicted octanol–water partition coefficient (Wildman–Crippen LogP) is 3.19. The maximum atomic E-state index is 13.9. The fraction of sp³-hybridized carbons (Fsp3) is 0.286. The molecule has 3 nitrogen and oxygen atoms in total. The molecule has 1 heterocycles. The fourth-order valence-corrected chi connectivity index (χ4v) is 2.93. The van der Waals surface area contributed by atoms with Crippen LogP contribution in [-0.4, -0.2) is 16.7 Å². The van der Waals surface area contributed by atoms with Gasteiger partial charge in [0.05, 0.1) is 6.07 Å². The molecule has 0 bridgehead atoms. The Morgan fingerprint density at radius 3 is 2.55 bits per heavy atom. The van der Waals surface area contributed by atoms with Crippen LogP contribution < -0.4 is 0 Å². The molecule has 2 atom stereocenters. The van der Waals surface area contributed by atoms with Gasteiger partial charge in [-0.2, -0.15) is 5.26 Å². The van der Waals surface area contributed by atoms with Crippen molar-refractivity contribution in [3.05, 3.63) is 52.0 Å². The number of aliphatic hydroxyl groups excluding tert-OH is 1. The second-order valence-electron chi connectivity index (χ2n) is 4.23. The fourth-order valence-electron chi connectivity index (χ4n) is 2.19. The molecule has 0 radical (unpaired) electrons. The van der Waals surface area contributed by atoms with Crippen LogP contribution >= 0.6 is 11.3 Å². The van der Waals surface area contributed by atoms with Gasteiger partial charge in [-0.15, -0.1) is 11.3 Å². The van der Waals surface area contributed by atoms with Crippen molar-refractivity contribution >= 4 is 11.3 Å². The van der Waals surface area contributed by atoms with E-state index in [2.05, 4.69) is 4.98 Å². The van der Waals surface area contributed by atoms with Crippen LogP contribution in [0.4, 0.5) is 8.78 Å². The smallest absolute Gasteiger partial charge is 0.129 e. The summed E-state index contributed by atoms with van der Waals surface area (Å²) in [4.78, 5) is 4.04. The van der Waals surface area contributed by atoms with Crippen molar-refractivity contribution in [3.63, 3.8) is 0 Å². The zero-order valence-electron chi connectivity index (χ0n) is 10.5. The molecule has 0 fully saturated rings.